The molecule has 0 bridgehead atoms. The molecule has 3 rings (SSSR count). The Kier molecular flexibility index (Phi) is 5.10. The van der Waals surface area contributed by atoms with Crippen molar-refractivity contribution < 1.29 is 4.79 Å². The average Bonchev–Trinajstić information content (AvgIpc) is 3.09. The first-order valence-corrected chi connectivity index (χ1v) is 9.42. The van der Waals surface area contributed by atoms with Crippen LogP contribution >= 0.6 is 0 Å². The zero-order chi connectivity index (χ0) is 20.6. The largest absolute Gasteiger partial charge is 0.314 e. The first-order chi connectivity index (χ1) is 13.1. The molecule has 0 spiro atoms. The quantitative estimate of drug-likeness (QED) is 0.696. The SMILES string of the molecule is CC(C)c1nn(CC(=O)N(C)c2ccccc2)c(=O)c2c1cnn2C(C)(C)C. The van der Waals surface area contributed by atoms with Gasteiger partial charge in [-0.2, -0.15) is 10.2 Å². The van der Waals surface area contributed by atoms with Crippen LogP contribution in [0.25, 0.3) is 10.9 Å². The molecule has 0 aliphatic heterocycles. The highest BCUT2D eigenvalue weighted by Gasteiger charge is 2.24. The van der Waals surface area contributed by atoms with Gasteiger partial charge in [-0.1, -0.05) is 32.0 Å². The van der Waals surface area contributed by atoms with Gasteiger partial charge in [-0.05, 0) is 38.8 Å². The van der Waals surface area contributed by atoms with E-state index in [9.17, 15) is 9.59 Å². The molecular weight excluding hydrogens is 354 g/mol. The van der Waals surface area contributed by atoms with Crippen molar-refractivity contribution in [2.75, 3.05) is 11.9 Å². The van der Waals surface area contributed by atoms with E-state index in [2.05, 4.69) is 10.2 Å². The van der Waals surface area contributed by atoms with E-state index in [-0.39, 0.29) is 29.5 Å². The molecule has 3 aromatic rings. The lowest BCUT2D eigenvalue weighted by Crippen LogP contribution is -2.37. The molecule has 7 nitrogen and oxygen atoms in total. The van der Waals surface area contributed by atoms with E-state index in [0.29, 0.717) is 5.52 Å². The van der Waals surface area contributed by atoms with Crippen LogP contribution in [0.5, 0.6) is 0 Å². The van der Waals surface area contributed by atoms with Gasteiger partial charge in [0.1, 0.15) is 12.1 Å². The topological polar surface area (TPSA) is 73.0 Å². The normalized spacial score (nSPS) is 12.0. The van der Waals surface area contributed by atoms with Gasteiger partial charge in [-0.15, -0.1) is 0 Å². The number of carbonyl (C=O) groups excluding carboxylic acids is 1. The Labute approximate surface area is 164 Å². The minimum absolute atomic E-state index is 0.0916. The highest BCUT2D eigenvalue weighted by atomic mass is 16.2. The second kappa shape index (κ2) is 7.22. The van der Waals surface area contributed by atoms with Crippen molar-refractivity contribution in [3.8, 4) is 0 Å². The summed E-state index contributed by atoms with van der Waals surface area (Å²) in [6, 6.07) is 9.34. The molecule has 7 heteroatoms. The summed E-state index contributed by atoms with van der Waals surface area (Å²) in [7, 11) is 1.70. The van der Waals surface area contributed by atoms with Gasteiger partial charge < -0.3 is 4.90 Å². The molecule has 148 valence electrons. The molecule has 2 heterocycles. The summed E-state index contributed by atoms with van der Waals surface area (Å²) in [4.78, 5) is 27.5. The molecule has 2 aromatic heterocycles. The van der Waals surface area contributed by atoms with Crippen molar-refractivity contribution in [2.45, 2.75) is 52.6 Å². The predicted octanol–water partition coefficient (Wildman–Crippen LogP) is 3.13. The Hall–Kier alpha value is -2.96. The minimum Gasteiger partial charge on any atom is -0.314 e. The van der Waals surface area contributed by atoms with Crippen molar-refractivity contribution in [3.63, 3.8) is 0 Å². The fourth-order valence-electron chi connectivity index (χ4n) is 3.17. The van der Waals surface area contributed by atoms with Gasteiger partial charge in [0, 0.05) is 18.1 Å². The van der Waals surface area contributed by atoms with Crippen LogP contribution in [0.3, 0.4) is 0 Å². The number of anilines is 1. The van der Waals surface area contributed by atoms with Gasteiger partial charge in [0.2, 0.25) is 5.91 Å². The highest BCUT2D eigenvalue weighted by molar-refractivity contribution is 5.92. The summed E-state index contributed by atoms with van der Waals surface area (Å²) in [5.41, 5.74) is 1.35. The molecule has 1 aromatic carbocycles. The van der Waals surface area contributed by atoms with Crippen molar-refractivity contribution in [3.05, 3.63) is 52.6 Å². The Morgan fingerprint density at radius 3 is 2.39 bits per heavy atom. The number of rotatable bonds is 4. The van der Waals surface area contributed by atoms with E-state index in [1.54, 1.807) is 17.9 Å². The van der Waals surface area contributed by atoms with Gasteiger partial charge in [0.25, 0.3) is 5.56 Å². The lowest BCUT2D eigenvalue weighted by atomic mass is 10.1. The zero-order valence-electron chi connectivity index (χ0n) is 17.3. The molecular formula is C21H27N5O2. The standard InChI is InChI=1S/C21H27N5O2/c1-14(2)18-16-12-22-26(21(3,4)5)19(16)20(28)25(23-18)13-17(27)24(6)15-10-8-7-9-11-15/h7-12,14H,13H2,1-6H3. The molecule has 0 aliphatic carbocycles. The first-order valence-electron chi connectivity index (χ1n) is 9.42. The number of hydrogen-bond donors (Lipinski definition) is 0. The number of fused-ring (bicyclic) bond motifs is 1. The lowest BCUT2D eigenvalue weighted by molar-refractivity contribution is -0.119. The number of para-hydroxylation sites is 1. The summed E-state index contributed by atoms with van der Waals surface area (Å²) >= 11 is 0. The Bertz CT molecular complexity index is 1060. The number of aromatic nitrogens is 4. The second-order valence-electron chi connectivity index (χ2n) is 8.28. The van der Waals surface area contributed by atoms with Crippen molar-refractivity contribution in [2.24, 2.45) is 0 Å². The number of hydrogen-bond acceptors (Lipinski definition) is 4. The highest BCUT2D eigenvalue weighted by Crippen LogP contribution is 2.24. The number of likely N-dealkylation sites (N-methyl/N-ethyl adjacent to an activating group) is 1. The van der Waals surface area contributed by atoms with Crippen LogP contribution in [0.2, 0.25) is 0 Å². The third-order valence-electron chi connectivity index (χ3n) is 4.70. The molecule has 0 fully saturated rings. The zero-order valence-corrected chi connectivity index (χ0v) is 17.3. The average molecular weight is 381 g/mol. The second-order valence-corrected chi connectivity index (χ2v) is 8.28. The van der Waals surface area contributed by atoms with Crippen molar-refractivity contribution in [1.82, 2.24) is 19.6 Å². The van der Waals surface area contributed by atoms with Gasteiger partial charge in [-0.3, -0.25) is 14.3 Å². The molecule has 28 heavy (non-hydrogen) atoms. The maximum atomic E-state index is 13.2. The fourth-order valence-corrected chi connectivity index (χ4v) is 3.17. The molecule has 0 N–H and O–H groups in total. The molecule has 0 aliphatic rings. The van der Waals surface area contributed by atoms with Crippen LogP contribution < -0.4 is 10.5 Å². The Balaban J connectivity index is 2.09. The van der Waals surface area contributed by atoms with E-state index in [1.807, 2.05) is 65.0 Å². The summed E-state index contributed by atoms with van der Waals surface area (Å²) in [6.45, 7) is 9.88. The van der Waals surface area contributed by atoms with Crippen LogP contribution in [-0.4, -0.2) is 32.5 Å². The van der Waals surface area contributed by atoms with Crippen molar-refractivity contribution in [1.29, 1.82) is 0 Å². The molecule has 0 saturated heterocycles. The van der Waals surface area contributed by atoms with Crippen LogP contribution in [0.15, 0.2) is 41.3 Å². The first kappa shape index (κ1) is 19.8. The van der Waals surface area contributed by atoms with E-state index in [4.69, 9.17) is 0 Å². The van der Waals surface area contributed by atoms with Crippen LogP contribution in [0.1, 0.15) is 46.2 Å². The van der Waals surface area contributed by atoms with E-state index in [1.165, 1.54) is 9.58 Å². The number of nitrogens with zero attached hydrogens (tertiary/aromatic N) is 5. The third kappa shape index (κ3) is 3.56. The number of benzene rings is 1. The third-order valence-corrected chi connectivity index (χ3v) is 4.70. The van der Waals surface area contributed by atoms with Crippen LogP contribution in [-0.2, 0) is 16.9 Å². The monoisotopic (exact) mass is 381 g/mol. The fraction of sp³-hybridized carbons (Fsp3) is 0.429. The maximum Gasteiger partial charge on any atom is 0.293 e. The van der Waals surface area contributed by atoms with Crippen LogP contribution in [0, 0.1) is 0 Å². The lowest BCUT2D eigenvalue weighted by Gasteiger charge is -2.21. The van der Waals surface area contributed by atoms with Gasteiger partial charge in [-0.25, -0.2) is 4.68 Å². The molecule has 0 atom stereocenters. The molecule has 0 radical (unpaired) electrons. The summed E-state index contributed by atoms with van der Waals surface area (Å²) in [5, 5.41) is 9.70. The molecule has 0 unspecified atom stereocenters. The maximum absolute atomic E-state index is 13.2. The summed E-state index contributed by atoms with van der Waals surface area (Å²) < 4.78 is 2.99. The Morgan fingerprint density at radius 1 is 1.18 bits per heavy atom. The van der Waals surface area contributed by atoms with E-state index < -0.39 is 0 Å². The summed E-state index contributed by atoms with van der Waals surface area (Å²) in [6.07, 6.45) is 1.70. The summed E-state index contributed by atoms with van der Waals surface area (Å²) in [5.74, 6) is -0.120. The van der Waals surface area contributed by atoms with E-state index >= 15 is 0 Å². The molecule has 1 amide bonds. The van der Waals surface area contributed by atoms with Gasteiger partial charge in [0.15, 0.2) is 0 Å². The van der Waals surface area contributed by atoms with Gasteiger partial charge >= 0.3 is 0 Å². The smallest absolute Gasteiger partial charge is 0.293 e. The van der Waals surface area contributed by atoms with E-state index in [0.717, 1.165) is 16.8 Å². The Morgan fingerprint density at radius 2 is 1.82 bits per heavy atom. The predicted molar refractivity (Wildman–Crippen MR) is 111 cm³/mol. The van der Waals surface area contributed by atoms with Crippen molar-refractivity contribution >= 4 is 22.5 Å². The number of carbonyl (C=O) groups is 1. The molecule has 0 saturated carbocycles. The van der Waals surface area contributed by atoms with Crippen LogP contribution in [0.4, 0.5) is 5.69 Å². The van der Waals surface area contributed by atoms with Gasteiger partial charge in [0.05, 0.1) is 17.4 Å². The minimum atomic E-state index is -0.362. The number of amides is 1.